The molecule has 5 aliphatic rings. The second-order valence-corrected chi connectivity index (χ2v) is 14.1. The predicted octanol–water partition coefficient (Wildman–Crippen LogP) is 5.38. The summed E-state index contributed by atoms with van der Waals surface area (Å²) in [5, 5.41) is 51.0. The van der Waals surface area contributed by atoms with Gasteiger partial charge in [-0.25, -0.2) is 0 Å². The number of ether oxygens (including phenoxy) is 5. The van der Waals surface area contributed by atoms with Crippen LogP contribution in [0.5, 0.6) is 34.5 Å². The van der Waals surface area contributed by atoms with Crippen molar-refractivity contribution < 1.29 is 44.1 Å². The molecule has 0 saturated heterocycles. The second-order valence-electron chi connectivity index (χ2n) is 14.1. The Morgan fingerprint density at radius 3 is 2.52 bits per heavy atom. The van der Waals surface area contributed by atoms with E-state index >= 15 is 0 Å². The van der Waals surface area contributed by atoms with Gasteiger partial charge in [0.2, 0.25) is 5.75 Å². The maximum atomic E-state index is 12.2. The van der Waals surface area contributed by atoms with Crippen LogP contribution in [0.2, 0.25) is 0 Å². The Morgan fingerprint density at radius 1 is 0.920 bits per heavy atom. The van der Waals surface area contributed by atoms with E-state index in [9.17, 15) is 20.4 Å². The first-order chi connectivity index (χ1) is 24.3. The topological polar surface area (TPSA) is 151 Å². The molecule has 0 unspecified atom stereocenters. The van der Waals surface area contributed by atoms with Crippen LogP contribution in [-0.4, -0.2) is 66.2 Å². The second kappa shape index (κ2) is 12.9. The van der Waals surface area contributed by atoms with Gasteiger partial charge in [-0.05, 0) is 55.9 Å². The average Bonchev–Trinajstić information content (AvgIpc) is 3.11. The normalized spacial score (nSPS) is 27.2. The van der Waals surface area contributed by atoms with Crippen LogP contribution in [0.4, 0.5) is 5.69 Å². The van der Waals surface area contributed by atoms with Gasteiger partial charge in [0.05, 0.1) is 39.1 Å². The van der Waals surface area contributed by atoms with E-state index in [0.29, 0.717) is 53.2 Å². The number of methoxy groups -OCH3 is 2. The van der Waals surface area contributed by atoms with Crippen LogP contribution in [0.15, 0.2) is 36.4 Å². The first-order valence-corrected chi connectivity index (χ1v) is 17.8. The molecule has 3 heterocycles. The van der Waals surface area contributed by atoms with Gasteiger partial charge in [-0.15, -0.1) is 0 Å². The van der Waals surface area contributed by atoms with E-state index in [4.69, 9.17) is 23.7 Å². The molecular weight excluding hydrogens is 640 g/mol. The minimum Gasteiger partial charge on any atom is -0.502 e. The fraction of sp³-hybridized carbons (Fsp3) is 0.487. The van der Waals surface area contributed by atoms with Crippen molar-refractivity contribution in [2.45, 2.75) is 81.9 Å². The smallest absolute Gasteiger partial charge is 0.200 e. The highest BCUT2D eigenvalue weighted by atomic mass is 16.5. The molecule has 11 nitrogen and oxygen atoms in total. The number of phenolic OH excluding ortho intramolecular Hbond substituents is 1. The maximum absolute atomic E-state index is 12.2. The molecule has 0 radical (unpaired) electrons. The Balaban J connectivity index is 1.23. The van der Waals surface area contributed by atoms with E-state index in [2.05, 4.69) is 29.7 Å². The van der Waals surface area contributed by atoms with Gasteiger partial charge >= 0.3 is 0 Å². The molecule has 50 heavy (non-hydrogen) atoms. The van der Waals surface area contributed by atoms with Crippen molar-refractivity contribution >= 4 is 5.69 Å². The lowest BCUT2D eigenvalue weighted by Gasteiger charge is -2.48. The molecule has 3 aromatic carbocycles. The molecule has 1 saturated carbocycles. The summed E-state index contributed by atoms with van der Waals surface area (Å²) in [6, 6.07) is 7.36. The Hall–Kier alpha value is -4.16. The molecule has 8 rings (SSSR count). The van der Waals surface area contributed by atoms with Crippen molar-refractivity contribution in [3.8, 4) is 45.6 Å². The zero-order valence-electron chi connectivity index (χ0n) is 28.8. The summed E-state index contributed by atoms with van der Waals surface area (Å²) in [5.74, 6) is 1.87. The number of fused-ring (bicyclic) bond motifs is 3. The van der Waals surface area contributed by atoms with Crippen LogP contribution < -0.4 is 34.3 Å². The van der Waals surface area contributed by atoms with Crippen molar-refractivity contribution in [2.75, 3.05) is 39.4 Å². The molecule has 3 aromatic rings. The van der Waals surface area contributed by atoms with Crippen molar-refractivity contribution in [3.05, 3.63) is 64.2 Å². The number of hydrogen-bond acceptors (Lipinski definition) is 11. The fourth-order valence-corrected chi connectivity index (χ4v) is 8.83. The zero-order valence-corrected chi connectivity index (χ0v) is 28.8. The average molecular weight is 687 g/mol. The van der Waals surface area contributed by atoms with Crippen molar-refractivity contribution in [1.82, 2.24) is 5.32 Å². The standard InChI is InChI=1S/C39H46N2O9/c1-20-8-9-22-7-4-5-12-39(22,41-20)50-29-18-27(46-2)23-10-11-24-32-26(40-38(45)35(29)34(23)32)17-28-33(24)36(43)25(19-49-28)21-15-30(47-3)37(44)31(16-21)48-14-6-13-42/h8-9,15-18,20,22,25,36,38,40-45H,4-7,10-14,19H2,1-3H3/t20-,22+,25+,36+,38+,39+/m1/s1. The predicted molar refractivity (Wildman–Crippen MR) is 187 cm³/mol. The first-order valence-electron chi connectivity index (χ1n) is 17.8. The van der Waals surface area contributed by atoms with E-state index in [1.165, 1.54) is 7.11 Å². The van der Waals surface area contributed by atoms with E-state index < -0.39 is 24.0 Å². The molecule has 0 spiro atoms. The number of nitrogens with one attached hydrogen (secondary N) is 2. The minimum atomic E-state index is -1.04. The molecular formula is C39H46N2O9. The van der Waals surface area contributed by atoms with Gasteiger partial charge in [0.15, 0.2) is 23.5 Å². The summed E-state index contributed by atoms with van der Waals surface area (Å²) in [5.41, 5.74) is 5.95. The number of anilines is 1. The van der Waals surface area contributed by atoms with Crippen LogP contribution in [0.25, 0.3) is 11.1 Å². The molecule has 11 heteroatoms. The number of phenols is 1. The van der Waals surface area contributed by atoms with E-state index in [1.807, 2.05) is 12.1 Å². The summed E-state index contributed by atoms with van der Waals surface area (Å²) in [4.78, 5) is 0. The number of aliphatic hydroxyl groups is 3. The van der Waals surface area contributed by atoms with Crippen LogP contribution >= 0.6 is 0 Å². The first kappa shape index (κ1) is 33.0. The summed E-state index contributed by atoms with van der Waals surface area (Å²) in [6.07, 6.45) is 8.24. The van der Waals surface area contributed by atoms with Crippen LogP contribution in [0.3, 0.4) is 0 Å². The SMILES string of the molecule is COc1cc([C@@H]2COc3cc4c5c(c3[C@H]2O)CCc2c(OC)cc(O[C@@]36CCCC[C@H]3C=C[C@@H](C)N6)c(c2-5)[C@H](O)N4)cc(OCCCO)c1O. The highest BCUT2D eigenvalue weighted by Gasteiger charge is 2.47. The summed E-state index contributed by atoms with van der Waals surface area (Å²) >= 11 is 0. The third-order valence-electron chi connectivity index (χ3n) is 11.2. The number of rotatable bonds is 9. The van der Waals surface area contributed by atoms with Crippen molar-refractivity contribution in [1.29, 1.82) is 0 Å². The van der Waals surface area contributed by atoms with Crippen LogP contribution in [0.1, 0.15) is 85.1 Å². The van der Waals surface area contributed by atoms with Crippen molar-refractivity contribution in [3.63, 3.8) is 0 Å². The van der Waals surface area contributed by atoms with Gasteiger partial charge in [-0.1, -0.05) is 18.6 Å². The summed E-state index contributed by atoms with van der Waals surface area (Å²) < 4.78 is 30.7. The number of aliphatic hydroxyl groups excluding tert-OH is 3. The molecule has 2 aliphatic carbocycles. The lowest BCUT2D eigenvalue weighted by molar-refractivity contribution is -0.0467. The molecule has 0 bridgehead atoms. The highest BCUT2D eigenvalue weighted by Crippen LogP contribution is 2.58. The van der Waals surface area contributed by atoms with Gasteiger partial charge in [0.1, 0.15) is 17.2 Å². The lowest BCUT2D eigenvalue weighted by atomic mass is 9.74. The molecule has 3 aliphatic heterocycles. The minimum absolute atomic E-state index is 0.0400. The highest BCUT2D eigenvalue weighted by molar-refractivity contribution is 5.93. The molecule has 0 aromatic heterocycles. The third-order valence-corrected chi connectivity index (χ3v) is 11.2. The molecule has 1 fully saturated rings. The third kappa shape index (κ3) is 5.25. The lowest BCUT2D eigenvalue weighted by Crippen LogP contribution is -2.61. The van der Waals surface area contributed by atoms with Crippen LogP contribution in [0, 0.1) is 5.92 Å². The Morgan fingerprint density at radius 2 is 1.72 bits per heavy atom. The Labute approximate surface area is 291 Å². The number of benzene rings is 3. The molecule has 266 valence electrons. The zero-order chi connectivity index (χ0) is 34.7. The van der Waals surface area contributed by atoms with Gasteiger partial charge in [0, 0.05) is 77.4 Å². The van der Waals surface area contributed by atoms with Crippen molar-refractivity contribution in [2.24, 2.45) is 5.92 Å². The van der Waals surface area contributed by atoms with Gasteiger partial charge in [0.25, 0.3) is 0 Å². The Bertz CT molecular complexity index is 1840. The van der Waals surface area contributed by atoms with E-state index in [-0.39, 0.29) is 49.0 Å². The largest absolute Gasteiger partial charge is 0.502 e. The maximum Gasteiger partial charge on any atom is 0.200 e. The number of aromatic hydroxyl groups is 1. The van der Waals surface area contributed by atoms with E-state index in [0.717, 1.165) is 53.6 Å². The quantitative estimate of drug-likeness (QED) is 0.127. The van der Waals surface area contributed by atoms with Gasteiger partial charge < -0.3 is 49.4 Å². The summed E-state index contributed by atoms with van der Waals surface area (Å²) in [6.45, 7) is 2.48. The monoisotopic (exact) mass is 686 g/mol. The fourth-order valence-electron chi connectivity index (χ4n) is 8.83. The molecule has 0 amide bonds. The van der Waals surface area contributed by atoms with Gasteiger partial charge in [-0.3, -0.25) is 5.32 Å². The van der Waals surface area contributed by atoms with Crippen LogP contribution in [-0.2, 0) is 12.8 Å². The summed E-state index contributed by atoms with van der Waals surface area (Å²) in [7, 11) is 3.14. The molecule has 6 atom stereocenters. The van der Waals surface area contributed by atoms with Gasteiger partial charge in [-0.2, -0.15) is 0 Å². The Kier molecular flexibility index (Phi) is 8.49. The molecule has 6 N–H and O–H groups in total. The van der Waals surface area contributed by atoms with E-state index in [1.54, 1.807) is 19.2 Å². The number of hydrogen-bond donors (Lipinski definition) is 6.